The summed E-state index contributed by atoms with van der Waals surface area (Å²) in [5.41, 5.74) is 0.708. The van der Waals surface area contributed by atoms with Crippen LogP contribution in [0.3, 0.4) is 0 Å². The molecule has 71 heavy (non-hydrogen) atoms. The zero-order valence-corrected chi connectivity index (χ0v) is 41.5. The average Bonchev–Trinajstić information content (AvgIpc) is 3.99. The number of likely N-dealkylation sites (tertiary alicyclic amines) is 1. The number of hydrogen-bond donors (Lipinski definition) is 3. The number of carbonyl (C=O) groups is 5. The lowest BCUT2D eigenvalue weighted by Crippen LogP contribution is -2.58. The molecule has 4 aromatic rings. The van der Waals surface area contributed by atoms with E-state index >= 15 is 0 Å². The number of carbonyl (C=O) groups excluding carboxylic acids is 5. The molecule has 3 N–H and O–H groups in total. The van der Waals surface area contributed by atoms with Gasteiger partial charge in [0.15, 0.2) is 5.69 Å². The fourth-order valence-corrected chi connectivity index (χ4v) is 9.13. The van der Waals surface area contributed by atoms with Crippen LogP contribution in [0.25, 0.3) is 15.3 Å². The molecule has 6 amide bonds. The molecule has 3 atom stereocenters. The minimum Gasteiger partial charge on any atom is -0.494 e. The number of ether oxygens (including phenoxy) is 3. The van der Waals surface area contributed by atoms with Gasteiger partial charge in [-0.15, -0.1) is 11.3 Å². The van der Waals surface area contributed by atoms with Gasteiger partial charge in [-0.1, -0.05) is 51.1 Å². The molecule has 0 unspecified atom stereocenters. The highest BCUT2D eigenvalue weighted by Gasteiger charge is 2.53. The zero-order chi connectivity index (χ0) is 51.7. The summed E-state index contributed by atoms with van der Waals surface area (Å²) >= 11 is 1.56. The number of β-amino-alcohol motifs (C(OH)–C–C–N with tert-alkyl or cyclic N) is 1. The van der Waals surface area contributed by atoms with Crippen molar-refractivity contribution in [2.75, 3.05) is 49.4 Å². The Balaban J connectivity index is 0.851. The van der Waals surface area contributed by atoms with Crippen LogP contribution in [0.15, 0.2) is 72.2 Å². The molecule has 0 spiro atoms. The molecule has 2 aliphatic rings. The van der Waals surface area contributed by atoms with E-state index < -0.39 is 70.3 Å². The molecular weight excluding hydrogens is 944 g/mol. The Hall–Kier alpha value is -6.40. The lowest BCUT2D eigenvalue weighted by Gasteiger charge is -2.35. The van der Waals surface area contributed by atoms with E-state index in [2.05, 4.69) is 20.5 Å². The van der Waals surface area contributed by atoms with Crippen molar-refractivity contribution in [3.05, 3.63) is 100 Å². The number of urea groups is 1. The highest BCUT2D eigenvalue weighted by molar-refractivity contribution is 7.13. The van der Waals surface area contributed by atoms with Crippen LogP contribution in [0.2, 0.25) is 0 Å². The molecule has 1 aromatic heterocycles. The van der Waals surface area contributed by atoms with Gasteiger partial charge in [0.25, 0.3) is 5.91 Å². The van der Waals surface area contributed by atoms with Crippen molar-refractivity contribution < 1.29 is 56.5 Å². The number of aliphatic hydroxyl groups excluding tert-OH is 1. The Bertz CT molecular complexity index is 2580. The van der Waals surface area contributed by atoms with Crippen molar-refractivity contribution in [2.24, 2.45) is 5.41 Å². The van der Waals surface area contributed by atoms with Gasteiger partial charge >= 0.3 is 12.2 Å². The monoisotopic (exact) mass is 1000 g/mol. The maximum atomic E-state index is 13.9. The van der Waals surface area contributed by atoms with Gasteiger partial charge in [-0.05, 0) is 99.4 Å². The first-order valence-corrected chi connectivity index (χ1v) is 24.2. The molecule has 16 nitrogen and oxygen atoms in total. The van der Waals surface area contributed by atoms with Crippen LogP contribution in [0.5, 0.6) is 5.75 Å². The topological polar surface area (TPSA) is 184 Å². The van der Waals surface area contributed by atoms with Crippen LogP contribution in [-0.4, -0.2) is 108 Å². The van der Waals surface area contributed by atoms with Gasteiger partial charge in [-0.25, -0.2) is 19.5 Å². The average molecular weight is 1000 g/mol. The molecule has 380 valence electrons. The molecule has 2 fully saturated rings. The van der Waals surface area contributed by atoms with Crippen molar-refractivity contribution in [1.29, 1.82) is 0 Å². The summed E-state index contributed by atoms with van der Waals surface area (Å²) in [4.78, 5) is 78.8. The number of unbranched alkanes of at least 4 members (excludes halogenated alkanes) is 2. The Labute approximate surface area is 415 Å². The lowest BCUT2D eigenvalue weighted by atomic mass is 9.85. The summed E-state index contributed by atoms with van der Waals surface area (Å²) in [6.07, 6.45) is -2.82. The first-order chi connectivity index (χ1) is 33.6. The number of aliphatic hydroxyl groups is 1. The van der Waals surface area contributed by atoms with E-state index in [0.717, 1.165) is 53.1 Å². The maximum absolute atomic E-state index is 13.9. The summed E-state index contributed by atoms with van der Waals surface area (Å²) in [6.45, 7) is 19.0. The molecular formula is C51H60F3N7O9S. The molecule has 0 radical (unpaired) electrons. The van der Waals surface area contributed by atoms with Crippen molar-refractivity contribution in [3.8, 4) is 16.2 Å². The first-order valence-electron chi connectivity index (χ1n) is 23.3. The number of hydrogen-bond acceptors (Lipinski definition) is 11. The highest BCUT2D eigenvalue weighted by Crippen LogP contribution is 2.42. The second-order valence-corrected chi connectivity index (χ2v) is 19.8. The fraction of sp³-hybridized carbons (Fsp3) is 0.471. The highest BCUT2D eigenvalue weighted by atomic mass is 32.1. The number of aryl methyl sites for hydroxylation is 1. The summed E-state index contributed by atoms with van der Waals surface area (Å²) in [5.74, 6) is -1.54. The Morgan fingerprint density at radius 1 is 0.930 bits per heavy atom. The summed E-state index contributed by atoms with van der Waals surface area (Å²) < 4.78 is 58.1. The van der Waals surface area contributed by atoms with E-state index in [-0.39, 0.29) is 44.3 Å². The standard InChI is InChI=1S/C51H60F3N7O9S/c1-32-43(71-31-57-32)34-14-12-33(13-15-34)28-56-45(64)41-27-37(62)29-59(41)46(65)44(49(2,3)4)58-42(63)30-69-24-11-23-68-22-9-8-10-25-70-38-19-16-35(17-20-38)61-48(67)60(47(66)50(61,5)6)36-18-21-40(55-7)39(26-36)51(52,53)54/h12-21,26,31,37,41,44,62H,8-11,22-25,27-30H2,1-6H3,(H,56,64)(H,58,63)/t37-,41-,44+/m0/s1. The number of halogens is 3. The number of rotatable bonds is 21. The first kappa shape index (κ1) is 53.9. The second-order valence-electron chi connectivity index (χ2n) is 19.0. The number of nitrogens with zero attached hydrogens (tertiary/aromatic N) is 5. The molecule has 2 aliphatic heterocycles. The van der Waals surface area contributed by atoms with Gasteiger partial charge in [0, 0.05) is 45.0 Å². The van der Waals surface area contributed by atoms with E-state index in [9.17, 15) is 42.3 Å². The van der Waals surface area contributed by atoms with Crippen molar-refractivity contribution >= 4 is 58.1 Å². The molecule has 2 saturated heterocycles. The quantitative estimate of drug-likeness (QED) is 0.0418. The Kier molecular flexibility index (Phi) is 17.6. The van der Waals surface area contributed by atoms with E-state index in [4.69, 9.17) is 20.8 Å². The minimum atomic E-state index is -4.86. The van der Waals surface area contributed by atoms with Crippen LogP contribution in [-0.2, 0) is 41.4 Å². The van der Waals surface area contributed by atoms with Gasteiger partial charge in [0.05, 0.1) is 46.6 Å². The third kappa shape index (κ3) is 13.3. The number of aromatic nitrogens is 1. The van der Waals surface area contributed by atoms with E-state index in [0.29, 0.717) is 48.6 Å². The molecule has 20 heteroatoms. The van der Waals surface area contributed by atoms with Crippen LogP contribution in [0, 0.1) is 18.9 Å². The number of thiazole rings is 1. The Morgan fingerprint density at radius 3 is 2.24 bits per heavy atom. The summed E-state index contributed by atoms with van der Waals surface area (Å²) in [6, 6.07) is 14.3. The third-order valence-corrected chi connectivity index (χ3v) is 13.1. The molecule has 6 rings (SSSR count). The number of alkyl halides is 3. The molecule has 0 bridgehead atoms. The smallest absolute Gasteiger partial charge is 0.407 e. The van der Waals surface area contributed by atoms with Gasteiger partial charge in [-0.3, -0.25) is 24.1 Å². The van der Waals surface area contributed by atoms with Gasteiger partial charge < -0.3 is 34.9 Å². The summed E-state index contributed by atoms with van der Waals surface area (Å²) in [7, 11) is 0. The van der Waals surface area contributed by atoms with Crippen molar-refractivity contribution in [1.82, 2.24) is 20.5 Å². The summed E-state index contributed by atoms with van der Waals surface area (Å²) in [5, 5.41) is 16.2. The van der Waals surface area contributed by atoms with E-state index in [1.165, 1.54) is 23.6 Å². The van der Waals surface area contributed by atoms with Crippen LogP contribution in [0.4, 0.5) is 35.0 Å². The number of amides is 6. The van der Waals surface area contributed by atoms with Gasteiger partial charge in [0.1, 0.15) is 30.0 Å². The normalized spacial score (nSPS) is 17.3. The van der Waals surface area contributed by atoms with Gasteiger partial charge in [-0.2, -0.15) is 13.2 Å². The SMILES string of the molecule is [C-]#[N+]c1ccc(N2C(=O)N(c3ccc(OCCCCCOCCCOCC(=O)N[C@H](C(=O)N4C[C@@H](O)C[C@H]4C(=O)NCc4ccc(-c5scnc5C)cc4)C(C)(C)C)cc3)C(C)(C)C2=O)cc1C(F)(F)F. The second kappa shape index (κ2) is 23.2. The zero-order valence-electron chi connectivity index (χ0n) is 40.6. The molecule has 0 saturated carbocycles. The van der Waals surface area contributed by atoms with Crippen LogP contribution >= 0.6 is 11.3 Å². The number of imide groups is 1. The third-order valence-electron chi connectivity index (χ3n) is 12.2. The molecule has 3 heterocycles. The Morgan fingerprint density at radius 2 is 1.59 bits per heavy atom. The minimum absolute atomic E-state index is 0.0349. The van der Waals surface area contributed by atoms with E-state index in [1.54, 1.807) is 41.1 Å². The largest absolute Gasteiger partial charge is 0.494 e. The number of nitrogens with one attached hydrogen (secondary N) is 2. The maximum Gasteiger partial charge on any atom is 0.407 e. The number of benzene rings is 3. The van der Waals surface area contributed by atoms with Crippen molar-refractivity contribution in [2.45, 2.75) is 110 Å². The predicted molar refractivity (Wildman–Crippen MR) is 261 cm³/mol. The predicted octanol–water partition coefficient (Wildman–Crippen LogP) is 8.22. The molecule has 3 aromatic carbocycles. The number of anilines is 2. The van der Waals surface area contributed by atoms with Crippen molar-refractivity contribution in [3.63, 3.8) is 0 Å². The fourth-order valence-electron chi connectivity index (χ4n) is 8.32. The van der Waals surface area contributed by atoms with Crippen LogP contribution < -0.4 is 25.2 Å². The van der Waals surface area contributed by atoms with Crippen LogP contribution in [0.1, 0.15) is 83.5 Å². The van der Waals surface area contributed by atoms with E-state index in [1.807, 2.05) is 52.0 Å². The molecule has 0 aliphatic carbocycles. The lowest BCUT2D eigenvalue weighted by molar-refractivity contribution is -0.144. The van der Waals surface area contributed by atoms with Gasteiger partial charge in [0.2, 0.25) is 17.7 Å².